The zero-order chi connectivity index (χ0) is 13.0. The number of ether oxygens (including phenoxy) is 1. The van der Waals surface area contributed by atoms with Crippen LogP contribution in [0.25, 0.3) is 0 Å². The first-order valence-electron chi connectivity index (χ1n) is 6.67. The van der Waals surface area contributed by atoms with Gasteiger partial charge in [-0.3, -0.25) is 0 Å². The minimum Gasteiger partial charge on any atom is -0.383 e. The number of thioether (sulfide) groups is 1. The lowest BCUT2D eigenvalue weighted by Gasteiger charge is -2.23. The predicted octanol–water partition coefficient (Wildman–Crippen LogP) is 2.96. The molecule has 0 radical (unpaired) electrons. The van der Waals surface area contributed by atoms with Gasteiger partial charge in [-0.1, -0.05) is 32.0 Å². The smallest absolute Gasteiger partial charge is 0.0618 e. The summed E-state index contributed by atoms with van der Waals surface area (Å²) >= 11 is 2.00. The molecule has 2 unspecified atom stereocenters. The van der Waals surface area contributed by atoms with Gasteiger partial charge in [0.1, 0.15) is 0 Å². The number of methoxy groups -OCH3 is 1. The van der Waals surface area contributed by atoms with Gasteiger partial charge in [0, 0.05) is 29.8 Å². The summed E-state index contributed by atoms with van der Waals surface area (Å²) in [7, 11) is 1.78. The van der Waals surface area contributed by atoms with Crippen molar-refractivity contribution < 1.29 is 4.74 Å². The van der Waals surface area contributed by atoms with Gasteiger partial charge >= 0.3 is 0 Å². The number of nitrogens with one attached hydrogen (secondary N) is 1. The Hall–Kier alpha value is -0.510. The largest absolute Gasteiger partial charge is 0.383 e. The van der Waals surface area contributed by atoms with Crippen LogP contribution in [0, 0.1) is 5.92 Å². The fourth-order valence-corrected chi connectivity index (χ4v) is 3.58. The average molecular weight is 265 g/mol. The van der Waals surface area contributed by atoms with Crippen LogP contribution in [0.3, 0.4) is 0 Å². The van der Waals surface area contributed by atoms with Crippen molar-refractivity contribution in [2.75, 3.05) is 20.3 Å². The first-order chi connectivity index (χ1) is 8.70. The Balaban J connectivity index is 1.82. The standard InChI is InChI=1S/C15H23NOS/c1-11(2)14(10-17-3)16-9-13-8-12-6-4-5-7-15(12)18-13/h4-7,11,13-14,16H,8-10H2,1-3H3. The molecule has 1 aliphatic heterocycles. The highest BCUT2D eigenvalue weighted by atomic mass is 32.2. The molecule has 2 nitrogen and oxygen atoms in total. The Kier molecular flexibility index (Phi) is 5.10. The number of rotatable bonds is 6. The monoisotopic (exact) mass is 265 g/mol. The average Bonchev–Trinajstić information content (AvgIpc) is 2.76. The zero-order valence-corrected chi connectivity index (χ0v) is 12.3. The summed E-state index contributed by atoms with van der Waals surface area (Å²) < 4.78 is 5.27. The number of benzene rings is 1. The lowest BCUT2D eigenvalue weighted by molar-refractivity contribution is 0.147. The topological polar surface area (TPSA) is 21.3 Å². The van der Waals surface area contributed by atoms with E-state index in [4.69, 9.17) is 4.74 Å². The molecule has 0 spiro atoms. The van der Waals surface area contributed by atoms with Crippen LogP contribution >= 0.6 is 11.8 Å². The van der Waals surface area contributed by atoms with Gasteiger partial charge in [-0.2, -0.15) is 0 Å². The van der Waals surface area contributed by atoms with E-state index >= 15 is 0 Å². The van der Waals surface area contributed by atoms with Gasteiger partial charge in [0.15, 0.2) is 0 Å². The third kappa shape index (κ3) is 3.50. The normalized spacial score (nSPS) is 20.1. The molecule has 18 heavy (non-hydrogen) atoms. The van der Waals surface area contributed by atoms with E-state index in [9.17, 15) is 0 Å². The van der Waals surface area contributed by atoms with Gasteiger partial charge in [0.05, 0.1) is 6.61 Å². The van der Waals surface area contributed by atoms with E-state index in [1.165, 1.54) is 16.9 Å². The molecule has 3 heteroatoms. The molecular formula is C15H23NOS. The van der Waals surface area contributed by atoms with Crippen LogP contribution in [0.4, 0.5) is 0 Å². The molecule has 0 fully saturated rings. The first kappa shape index (κ1) is 13.9. The van der Waals surface area contributed by atoms with Crippen molar-refractivity contribution in [1.29, 1.82) is 0 Å². The van der Waals surface area contributed by atoms with E-state index < -0.39 is 0 Å². The van der Waals surface area contributed by atoms with Gasteiger partial charge in [-0.15, -0.1) is 11.8 Å². The van der Waals surface area contributed by atoms with Crippen molar-refractivity contribution in [2.24, 2.45) is 5.92 Å². The van der Waals surface area contributed by atoms with E-state index in [-0.39, 0.29) is 0 Å². The molecular weight excluding hydrogens is 242 g/mol. The Bertz CT molecular complexity index is 356. The molecule has 2 rings (SSSR count). The predicted molar refractivity (Wildman–Crippen MR) is 78.3 cm³/mol. The second-order valence-electron chi connectivity index (χ2n) is 5.27. The van der Waals surface area contributed by atoms with Crippen LogP contribution in [0.5, 0.6) is 0 Å². The Labute approximate surface area is 114 Å². The van der Waals surface area contributed by atoms with E-state index in [2.05, 4.69) is 43.4 Å². The maximum atomic E-state index is 5.27. The molecule has 0 bridgehead atoms. The molecule has 2 atom stereocenters. The molecule has 1 aliphatic rings. The van der Waals surface area contributed by atoms with Gasteiger partial charge in [-0.25, -0.2) is 0 Å². The SMILES string of the molecule is COCC(NCC1Cc2ccccc2S1)C(C)C. The summed E-state index contributed by atoms with van der Waals surface area (Å²) in [5, 5.41) is 4.32. The van der Waals surface area contributed by atoms with Gasteiger partial charge in [-0.05, 0) is 24.0 Å². The molecule has 100 valence electrons. The third-order valence-corrected chi connectivity index (χ3v) is 4.79. The number of fused-ring (bicyclic) bond motifs is 1. The lowest BCUT2D eigenvalue weighted by atomic mass is 10.0. The number of hydrogen-bond donors (Lipinski definition) is 1. The second kappa shape index (κ2) is 6.60. The van der Waals surface area contributed by atoms with Crippen LogP contribution in [0.15, 0.2) is 29.2 Å². The van der Waals surface area contributed by atoms with Gasteiger partial charge < -0.3 is 10.1 Å². The number of hydrogen-bond acceptors (Lipinski definition) is 3. The highest BCUT2D eigenvalue weighted by molar-refractivity contribution is 8.00. The fourth-order valence-electron chi connectivity index (χ4n) is 2.32. The van der Waals surface area contributed by atoms with Crippen molar-refractivity contribution in [3.05, 3.63) is 29.8 Å². The second-order valence-corrected chi connectivity index (χ2v) is 6.61. The van der Waals surface area contributed by atoms with E-state index in [1.807, 2.05) is 11.8 Å². The van der Waals surface area contributed by atoms with Crippen molar-refractivity contribution in [2.45, 2.75) is 36.5 Å². The molecule has 0 saturated heterocycles. The minimum absolute atomic E-state index is 0.458. The summed E-state index contributed by atoms with van der Waals surface area (Å²) in [5.41, 5.74) is 1.50. The van der Waals surface area contributed by atoms with E-state index in [0.717, 1.165) is 13.2 Å². The summed E-state index contributed by atoms with van der Waals surface area (Å²) in [5.74, 6) is 0.610. The molecule has 0 aliphatic carbocycles. The van der Waals surface area contributed by atoms with Crippen molar-refractivity contribution in [1.82, 2.24) is 5.32 Å². The maximum absolute atomic E-state index is 5.27. The van der Waals surface area contributed by atoms with Crippen LogP contribution in [0.2, 0.25) is 0 Å². The molecule has 0 saturated carbocycles. The van der Waals surface area contributed by atoms with Gasteiger partial charge in [0.25, 0.3) is 0 Å². The van der Waals surface area contributed by atoms with Crippen molar-refractivity contribution in [3.8, 4) is 0 Å². The molecule has 0 amide bonds. The minimum atomic E-state index is 0.458. The first-order valence-corrected chi connectivity index (χ1v) is 7.55. The molecule has 1 N–H and O–H groups in total. The summed E-state index contributed by atoms with van der Waals surface area (Å²) in [6, 6.07) is 9.20. The van der Waals surface area contributed by atoms with Crippen LogP contribution in [-0.2, 0) is 11.2 Å². The van der Waals surface area contributed by atoms with Gasteiger partial charge in [0.2, 0.25) is 0 Å². The summed E-state index contributed by atoms with van der Waals surface area (Å²) in [4.78, 5) is 1.46. The van der Waals surface area contributed by atoms with Crippen LogP contribution < -0.4 is 5.32 Å². The van der Waals surface area contributed by atoms with E-state index in [0.29, 0.717) is 17.2 Å². The lowest BCUT2D eigenvalue weighted by Crippen LogP contribution is -2.41. The fraction of sp³-hybridized carbons (Fsp3) is 0.600. The molecule has 1 aromatic rings. The quantitative estimate of drug-likeness (QED) is 0.854. The Morgan fingerprint density at radius 3 is 2.83 bits per heavy atom. The molecule has 1 heterocycles. The van der Waals surface area contributed by atoms with Crippen molar-refractivity contribution in [3.63, 3.8) is 0 Å². The zero-order valence-electron chi connectivity index (χ0n) is 11.5. The maximum Gasteiger partial charge on any atom is 0.0618 e. The Morgan fingerprint density at radius 1 is 1.39 bits per heavy atom. The summed E-state index contributed by atoms with van der Waals surface area (Å²) in [6.45, 7) is 6.34. The summed E-state index contributed by atoms with van der Waals surface area (Å²) in [6.07, 6.45) is 1.19. The van der Waals surface area contributed by atoms with Crippen LogP contribution in [0.1, 0.15) is 19.4 Å². The highest BCUT2D eigenvalue weighted by Crippen LogP contribution is 2.36. The Morgan fingerprint density at radius 2 is 2.17 bits per heavy atom. The van der Waals surface area contributed by atoms with E-state index in [1.54, 1.807) is 7.11 Å². The molecule has 0 aromatic heterocycles. The third-order valence-electron chi connectivity index (χ3n) is 3.47. The van der Waals surface area contributed by atoms with Crippen molar-refractivity contribution >= 4 is 11.8 Å². The molecule has 1 aromatic carbocycles. The van der Waals surface area contributed by atoms with Crippen LogP contribution in [-0.4, -0.2) is 31.6 Å². The highest BCUT2D eigenvalue weighted by Gasteiger charge is 2.23.